The molecular formula is C19H25N5O4S. The van der Waals surface area contributed by atoms with Gasteiger partial charge in [0.15, 0.2) is 16.1 Å². The van der Waals surface area contributed by atoms with E-state index in [1.54, 1.807) is 20.8 Å². The maximum absolute atomic E-state index is 13.2. The number of aryl methyl sites for hydroxylation is 1. The number of H-pyrrole nitrogens is 1. The van der Waals surface area contributed by atoms with Crippen LogP contribution in [0.4, 0.5) is 11.6 Å². The molecule has 2 heterocycles. The molecule has 3 rings (SSSR count). The van der Waals surface area contributed by atoms with Gasteiger partial charge in [-0.1, -0.05) is 0 Å². The van der Waals surface area contributed by atoms with Crippen molar-refractivity contribution < 1.29 is 18.3 Å². The van der Waals surface area contributed by atoms with Gasteiger partial charge in [-0.2, -0.15) is 5.10 Å². The summed E-state index contributed by atoms with van der Waals surface area (Å²) >= 11 is 0. The van der Waals surface area contributed by atoms with Gasteiger partial charge in [-0.05, 0) is 47.6 Å². The molecule has 0 saturated heterocycles. The molecule has 1 aromatic carbocycles. The molecule has 0 amide bonds. The minimum atomic E-state index is -3.78. The minimum absolute atomic E-state index is 0.0336. The number of fused-ring (bicyclic) bond motifs is 1. The molecule has 0 radical (unpaired) electrons. The van der Waals surface area contributed by atoms with E-state index < -0.39 is 20.9 Å². The van der Waals surface area contributed by atoms with Gasteiger partial charge in [0.25, 0.3) is 0 Å². The molecule has 156 valence electrons. The van der Waals surface area contributed by atoms with Crippen molar-refractivity contribution in [3.05, 3.63) is 29.7 Å². The second kappa shape index (κ2) is 7.27. The van der Waals surface area contributed by atoms with Gasteiger partial charge >= 0.3 is 0 Å². The molecule has 0 spiro atoms. The lowest BCUT2D eigenvalue weighted by atomic mass is 10.2. The third-order valence-electron chi connectivity index (χ3n) is 4.59. The number of hydrogen-bond acceptors (Lipinski definition) is 8. The molecule has 9 nitrogen and oxygen atoms in total. The first kappa shape index (κ1) is 21.0. The second-order valence-electron chi connectivity index (χ2n) is 7.81. The van der Waals surface area contributed by atoms with Crippen molar-refractivity contribution in [2.24, 2.45) is 0 Å². The first-order chi connectivity index (χ1) is 13.4. The third-order valence-corrected chi connectivity index (χ3v) is 7.10. The van der Waals surface area contributed by atoms with E-state index in [9.17, 15) is 13.5 Å². The number of rotatable bonds is 5. The number of aromatic amines is 1. The molecule has 1 atom stereocenters. The highest BCUT2D eigenvalue weighted by Crippen LogP contribution is 2.37. The van der Waals surface area contributed by atoms with Crippen molar-refractivity contribution in [2.45, 2.75) is 57.5 Å². The molecule has 0 aliphatic carbocycles. The van der Waals surface area contributed by atoms with Crippen LogP contribution in [-0.4, -0.2) is 44.7 Å². The number of sulfone groups is 1. The summed E-state index contributed by atoms with van der Waals surface area (Å²) in [5.41, 5.74) is 2.24. The van der Waals surface area contributed by atoms with Crippen LogP contribution >= 0.6 is 0 Å². The average Bonchev–Trinajstić information content (AvgIpc) is 2.92. The molecule has 0 aliphatic rings. The quantitative estimate of drug-likeness (QED) is 0.538. The highest BCUT2D eigenvalue weighted by atomic mass is 32.2. The van der Waals surface area contributed by atoms with E-state index in [0.717, 1.165) is 11.3 Å². The zero-order chi connectivity index (χ0) is 21.6. The predicted molar refractivity (Wildman–Crippen MR) is 110 cm³/mol. The van der Waals surface area contributed by atoms with E-state index in [1.165, 1.54) is 25.4 Å². The molecule has 0 aliphatic heterocycles. The number of aromatic nitrogens is 4. The van der Waals surface area contributed by atoms with Crippen LogP contribution in [0.2, 0.25) is 0 Å². The van der Waals surface area contributed by atoms with Gasteiger partial charge in [0, 0.05) is 17.0 Å². The number of nitrogens with one attached hydrogen (secondary N) is 2. The molecule has 3 aromatic rings. The summed E-state index contributed by atoms with van der Waals surface area (Å²) in [6, 6.07) is 2.98. The van der Waals surface area contributed by atoms with Gasteiger partial charge in [0.1, 0.15) is 28.6 Å². The summed E-state index contributed by atoms with van der Waals surface area (Å²) in [7, 11) is -3.78. The summed E-state index contributed by atoms with van der Waals surface area (Å²) in [5.74, 6) is 1.13. The summed E-state index contributed by atoms with van der Waals surface area (Å²) in [6.45, 7) is 10.0. The summed E-state index contributed by atoms with van der Waals surface area (Å²) in [6.07, 6.45) is 0.184. The van der Waals surface area contributed by atoms with Crippen LogP contribution in [0.15, 0.2) is 23.4 Å². The Morgan fingerprint density at radius 1 is 1.21 bits per heavy atom. The van der Waals surface area contributed by atoms with Crippen LogP contribution in [0.25, 0.3) is 10.9 Å². The molecule has 1 unspecified atom stereocenters. The Balaban J connectivity index is 2.24. The highest BCUT2D eigenvalue weighted by Gasteiger charge is 2.34. The lowest BCUT2D eigenvalue weighted by Gasteiger charge is -2.22. The Kier molecular flexibility index (Phi) is 5.26. The Labute approximate surface area is 169 Å². The van der Waals surface area contributed by atoms with Crippen LogP contribution in [0, 0.1) is 13.8 Å². The Hall–Kier alpha value is -2.72. The predicted octanol–water partition coefficient (Wildman–Crippen LogP) is 3.00. The van der Waals surface area contributed by atoms with Crippen LogP contribution in [0.3, 0.4) is 0 Å². The standard InChI is InChI=1S/C19H25N5O4S/c1-10-11(2)23-24-17(10)22-18-13-7-16(29(26,27)19(4,5)6)15(28-12(3)25)8-14(13)20-9-21-18/h7-9,12,25H,1-6H3,(H2,20,21,22,23,24). The Morgan fingerprint density at radius 2 is 1.90 bits per heavy atom. The number of nitrogens with zero attached hydrogens (tertiary/aromatic N) is 3. The molecular weight excluding hydrogens is 394 g/mol. The maximum atomic E-state index is 13.2. The fraction of sp³-hybridized carbons (Fsp3) is 0.421. The summed E-state index contributed by atoms with van der Waals surface area (Å²) in [5, 5.41) is 20.4. The van der Waals surface area contributed by atoms with E-state index in [4.69, 9.17) is 4.74 Å². The van der Waals surface area contributed by atoms with Gasteiger partial charge in [-0.3, -0.25) is 5.10 Å². The first-order valence-electron chi connectivity index (χ1n) is 9.08. The number of ether oxygens (including phenoxy) is 1. The molecule has 0 saturated carbocycles. The third kappa shape index (κ3) is 3.90. The molecule has 0 bridgehead atoms. The fourth-order valence-corrected chi connectivity index (χ4v) is 4.01. The zero-order valence-corrected chi connectivity index (χ0v) is 18.0. The van der Waals surface area contributed by atoms with Gasteiger partial charge in [0.2, 0.25) is 0 Å². The number of anilines is 2. The van der Waals surface area contributed by atoms with Crippen molar-refractivity contribution in [3.8, 4) is 5.75 Å². The van der Waals surface area contributed by atoms with Crippen molar-refractivity contribution in [1.29, 1.82) is 0 Å². The van der Waals surface area contributed by atoms with Crippen LogP contribution < -0.4 is 10.1 Å². The topological polar surface area (TPSA) is 130 Å². The van der Waals surface area contributed by atoms with E-state index in [-0.39, 0.29) is 10.6 Å². The fourth-order valence-electron chi connectivity index (χ4n) is 2.71. The Bertz CT molecular complexity index is 1160. The summed E-state index contributed by atoms with van der Waals surface area (Å²) < 4.78 is 30.7. The van der Waals surface area contributed by atoms with Gasteiger partial charge < -0.3 is 15.2 Å². The largest absolute Gasteiger partial charge is 0.464 e. The normalized spacial score (nSPS) is 13.5. The lowest BCUT2D eigenvalue weighted by Crippen LogP contribution is -2.29. The Morgan fingerprint density at radius 3 is 2.45 bits per heavy atom. The molecule has 3 N–H and O–H groups in total. The van der Waals surface area contributed by atoms with Gasteiger partial charge in [0.05, 0.1) is 16.0 Å². The van der Waals surface area contributed by atoms with Gasteiger partial charge in [-0.25, -0.2) is 18.4 Å². The first-order valence-corrected chi connectivity index (χ1v) is 10.6. The van der Waals surface area contributed by atoms with E-state index in [2.05, 4.69) is 25.5 Å². The lowest BCUT2D eigenvalue weighted by molar-refractivity contribution is -0.00236. The number of benzene rings is 1. The highest BCUT2D eigenvalue weighted by molar-refractivity contribution is 7.92. The van der Waals surface area contributed by atoms with E-state index in [0.29, 0.717) is 22.5 Å². The monoisotopic (exact) mass is 419 g/mol. The molecule has 29 heavy (non-hydrogen) atoms. The number of hydrogen-bond donors (Lipinski definition) is 3. The van der Waals surface area contributed by atoms with Crippen LogP contribution in [-0.2, 0) is 9.84 Å². The van der Waals surface area contributed by atoms with Crippen LogP contribution in [0.1, 0.15) is 39.0 Å². The van der Waals surface area contributed by atoms with Crippen molar-refractivity contribution >= 4 is 32.4 Å². The van der Waals surface area contributed by atoms with Crippen molar-refractivity contribution in [1.82, 2.24) is 20.2 Å². The maximum Gasteiger partial charge on any atom is 0.194 e. The zero-order valence-electron chi connectivity index (χ0n) is 17.2. The molecule has 0 fully saturated rings. The van der Waals surface area contributed by atoms with Crippen LogP contribution in [0.5, 0.6) is 5.75 Å². The smallest absolute Gasteiger partial charge is 0.194 e. The van der Waals surface area contributed by atoms with Crippen molar-refractivity contribution in [3.63, 3.8) is 0 Å². The van der Waals surface area contributed by atoms with E-state index >= 15 is 0 Å². The van der Waals surface area contributed by atoms with Gasteiger partial charge in [-0.15, -0.1) is 0 Å². The second-order valence-corrected chi connectivity index (χ2v) is 10.5. The average molecular weight is 420 g/mol. The summed E-state index contributed by atoms with van der Waals surface area (Å²) in [4.78, 5) is 8.47. The molecule has 10 heteroatoms. The molecule has 2 aromatic heterocycles. The van der Waals surface area contributed by atoms with Crippen molar-refractivity contribution in [2.75, 3.05) is 5.32 Å². The SMILES string of the molecule is Cc1n[nH]c(Nc2ncnc3cc(OC(C)O)c(S(=O)(=O)C(C)(C)C)cc23)c1C. The number of aliphatic hydroxyl groups is 1. The van der Waals surface area contributed by atoms with E-state index in [1.807, 2.05) is 13.8 Å². The minimum Gasteiger partial charge on any atom is -0.464 e. The number of aliphatic hydroxyl groups excluding tert-OH is 1.